The molecule has 0 unspecified atom stereocenters. The van der Waals surface area contributed by atoms with Crippen molar-refractivity contribution in [2.45, 2.75) is 13.5 Å². The molecule has 0 atom stereocenters. The molecule has 0 bridgehead atoms. The maximum absolute atomic E-state index is 13.4. The normalized spacial score (nSPS) is 10.8. The van der Waals surface area contributed by atoms with Crippen molar-refractivity contribution in [1.82, 2.24) is 9.55 Å². The lowest BCUT2D eigenvalue weighted by atomic mass is 9.99. The van der Waals surface area contributed by atoms with Crippen molar-refractivity contribution in [3.63, 3.8) is 0 Å². The number of amides is 2. The molecule has 8 nitrogen and oxygen atoms in total. The highest BCUT2D eigenvalue weighted by molar-refractivity contribution is 6.08. The third-order valence-electron chi connectivity index (χ3n) is 5.37. The first kappa shape index (κ1) is 22.9. The van der Waals surface area contributed by atoms with E-state index in [0.717, 1.165) is 5.56 Å². The fraction of sp³-hybridized carbons (Fsp3) is 0.154. The average Bonchev–Trinajstić information content (AvgIpc) is 2.84. The number of ketones is 1. The average molecular weight is 457 g/mol. The van der Waals surface area contributed by atoms with Crippen LogP contribution < -0.4 is 16.2 Å². The van der Waals surface area contributed by atoms with Crippen LogP contribution in [0, 0.1) is 0 Å². The summed E-state index contributed by atoms with van der Waals surface area (Å²) in [7, 11) is 1.57. The van der Waals surface area contributed by atoms with Crippen molar-refractivity contribution in [2.75, 3.05) is 24.4 Å². The van der Waals surface area contributed by atoms with Crippen LogP contribution in [-0.2, 0) is 11.3 Å². The molecule has 0 saturated carbocycles. The maximum atomic E-state index is 13.4. The largest absolute Gasteiger partial charge is 0.383 e. The SMILES string of the molecule is COCCn1cnc2ccc(NC(=O)Nc3cccc(C(C)=O)c3)c(-c3ccccc3)c2c1=O. The fourth-order valence-corrected chi connectivity index (χ4v) is 3.70. The number of nitrogens with one attached hydrogen (secondary N) is 2. The summed E-state index contributed by atoms with van der Waals surface area (Å²) in [4.78, 5) is 42.3. The van der Waals surface area contributed by atoms with Crippen LogP contribution in [-0.4, -0.2) is 35.1 Å². The Hall–Kier alpha value is -4.30. The van der Waals surface area contributed by atoms with Crippen molar-refractivity contribution in [2.24, 2.45) is 0 Å². The van der Waals surface area contributed by atoms with Gasteiger partial charge < -0.3 is 15.4 Å². The minimum atomic E-state index is -0.499. The molecule has 8 heteroatoms. The molecule has 172 valence electrons. The third-order valence-corrected chi connectivity index (χ3v) is 5.37. The zero-order valence-electron chi connectivity index (χ0n) is 18.9. The lowest BCUT2D eigenvalue weighted by Crippen LogP contribution is -2.24. The van der Waals surface area contributed by atoms with E-state index in [9.17, 15) is 14.4 Å². The van der Waals surface area contributed by atoms with E-state index >= 15 is 0 Å². The van der Waals surface area contributed by atoms with Gasteiger partial charge in [-0.25, -0.2) is 9.78 Å². The van der Waals surface area contributed by atoms with Crippen LogP contribution in [0.1, 0.15) is 17.3 Å². The Morgan fingerprint density at radius 3 is 2.53 bits per heavy atom. The van der Waals surface area contributed by atoms with E-state index in [0.29, 0.717) is 46.6 Å². The highest BCUT2D eigenvalue weighted by Gasteiger charge is 2.17. The molecule has 2 amide bonds. The third kappa shape index (κ3) is 4.87. The number of carbonyl (C=O) groups is 2. The van der Waals surface area contributed by atoms with E-state index in [4.69, 9.17) is 4.74 Å². The zero-order chi connectivity index (χ0) is 24.1. The second-order valence-electron chi connectivity index (χ2n) is 7.70. The molecule has 4 aromatic rings. The van der Waals surface area contributed by atoms with Gasteiger partial charge in [0, 0.05) is 23.9 Å². The number of fused-ring (bicyclic) bond motifs is 1. The van der Waals surface area contributed by atoms with Crippen LogP contribution in [0.2, 0.25) is 0 Å². The van der Waals surface area contributed by atoms with E-state index < -0.39 is 6.03 Å². The number of anilines is 2. The second kappa shape index (κ2) is 10.1. The van der Waals surface area contributed by atoms with Crippen LogP contribution in [0.15, 0.2) is 77.9 Å². The minimum Gasteiger partial charge on any atom is -0.383 e. The van der Waals surface area contributed by atoms with Crippen LogP contribution in [0.5, 0.6) is 0 Å². The summed E-state index contributed by atoms with van der Waals surface area (Å²) in [5, 5.41) is 6.01. The number of urea groups is 1. The molecule has 1 aromatic heterocycles. The number of carbonyl (C=O) groups excluding carboxylic acids is 2. The Morgan fingerprint density at radius 1 is 1.00 bits per heavy atom. The molecule has 0 spiro atoms. The van der Waals surface area contributed by atoms with Gasteiger partial charge in [-0.2, -0.15) is 0 Å². The van der Waals surface area contributed by atoms with Gasteiger partial charge in [-0.15, -0.1) is 0 Å². The highest BCUT2D eigenvalue weighted by atomic mass is 16.5. The van der Waals surface area contributed by atoms with Gasteiger partial charge in [0.25, 0.3) is 5.56 Å². The molecule has 0 aliphatic carbocycles. The first-order valence-electron chi connectivity index (χ1n) is 10.7. The molecule has 1 heterocycles. The molecule has 2 N–H and O–H groups in total. The Balaban J connectivity index is 1.77. The van der Waals surface area contributed by atoms with Crippen molar-refractivity contribution in [3.8, 4) is 11.1 Å². The summed E-state index contributed by atoms with van der Waals surface area (Å²) in [5.74, 6) is -0.0952. The van der Waals surface area contributed by atoms with E-state index in [1.165, 1.54) is 17.8 Å². The van der Waals surface area contributed by atoms with E-state index in [1.54, 1.807) is 43.5 Å². The van der Waals surface area contributed by atoms with Crippen LogP contribution in [0.3, 0.4) is 0 Å². The number of aromatic nitrogens is 2. The summed E-state index contributed by atoms with van der Waals surface area (Å²) in [5.41, 5.74) is 3.09. The summed E-state index contributed by atoms with van der Waals surface area (Å²) in [6.45, 7) is 2.19. The van der Waals surface area contributed by atoms with E-state index in [1.807, 2.05) is 30.3 Å². The van der Waals surface area contributed by atoms with Gasteiger partial charge in [0.05, 0.1) is 36.1 Å². The van der Waals surface area contributed by atoms with Crippen LogP contribution in [0.4, 0.5) is 16.2 Å². The predicted octanol–water partition coefficient (Wildman–Crippen LogP) is 4.56. The molecular weight excluding hydrogens is 432 g/mol. The number of benzene rings is 3. The number of hydrogen-bond acceptors (Lipinski definition) is 5. The molecule has 0 aliphatic rings. The number of Topliss-reactive ketones (excluding diaryl/α,β-unsaturated/α-hetero) is 1. The second-order valence-corrected chi connectivity index (χ2v) is 7.70. The minimum absolute atomic E-state index is 0.0952. The molecule has 4 rings (SSSR count). The van der Waals surface area contributed by atoms with Gasteiger partial charge in [-0.1, -0.05) is 42.5 Å². The van der Waals surface area contributed by atoms with Gasteiger partial charge >= 0.3 is 6.03 Å². The van der Waals surface area contributed by atoms with Gasteiger partial charge in [-0.05, 0) is 36.8 Å². The van der Waals surface area contributed by atoms with Crippen LogP contribution in [0.25, 0.3) is 22.0 Å². The Labute approximate surface area is 196 Å². The first-order chi connectivity index (χ1) is 16.5. The number of rotatable bonds is 7. The number of nitrogens with zero attached hydrogens (tertiary/aromatic N) is 2. The summed E-state index contributed by atoms with van der Waals surface area (Å²) in [6, 6.07) is 19.0. The lowest BCUT2D eigenvalue weighted by Gasteiger charge is -2.16. The molecule has 3 aromatic carbocycles. The molecule has 34 heavy (non-hydrogen) atoms. The predicted molar refractivity (Wildman–Crippen MR) is 132 cm³/mol. The van der Waals surface area contributed by atoms with Crippen LogP contribution >= 0.6 is 0 Å². The molecule has 0 saturated heterocycles. The smallest absolute Gasteiger partial charge is 0.323 e. The van der Waals surface area contributed by atoms with E-state index in [-0.39, 0.29) is 11.3 Å². The molecule has 0 fully saturated rings. The Kier molecular flexibility index (Phi) is 6.79. The highest BCUT2D eigenvalue weighted by Crippen LogP contribution is 2.33. The van der Waals surface area contributed by atoms with Crippen molar-refractivity contribution in [3.05, 3.63) is 89.0 Å². The van der Waals surface area contributed by atoms with Crippen molar-refractivity contribution in [1.29, 1.82) is 0 Å². The van der Waals surface area contributed by atoms with Gasteiger partial charge in [0.1, 0.15) is 0 Å². The van der Waals surface area contributed by atoms with Crippen molar-refractivity contribution >= 4 is 34.1 Å². The first-order valence-corrected chi connectivity index (χ1v) is 10.7. The van der Waals surface area contributed by atoms with Gasteiger partial charge in [-0.3, -0.25) is 14.2 Å². The zero-order valence-corrected chi connectivity index (χ0v) is 18.9. The number of hydrogen-bond donors (Lipinski definition) is 2. The molecule has 0 aliphatic heterocycles. The van der Waals surface area contributed by atoms with Crippen molar-refractivity contribution < 1.29 is 14.3 Å². The van der Waals surface area contributed by atoms with Gasteiger partial charge in [0.2, 0.25) is 0 Å². The quantitative estimate of drug-likeness (QED) is 0.397. The molecule has 0 radical (unpaired) electrons. The Bertz CT molecular complexity index is 1410. The van der Waals surface area contributed by atoms with E-state index in [2.05, 4.69) is 15.6 Å². The number of methoxy groups -OCH3 is 1. The lowest BCUT2D eigenvalue weighted by molar-refractivity contribution is 0.101. The monoisotopic (exact) mass is 456 g/mol. The fourth-order valence-electron chi connectivity index (χ4n) is 3.70. The number of ether oxygens (including phenoxy) is 1. The summed E-state index contributed by atoms with van der Waals surface area (Å²) in [6.07, 6.45) is 1.50. The van der Waals surface area contributed by atoms with Gasteiger partial charge in [0.15, 0.2) is 5.78 Å². The summed E-state index contributed by atoms with van der Waals surface area (Å²) >= 11 is 0. The molecular formula is C26H24N4O4. The Morgan fingerprint density at radius 2 is 1.79 bits per heavy atom. The summed E-state index contributed by atoms with van der Waals surface area (Å²) < 4.78 is 6.61. The topological polar surface area (TPSA) is 102 Å². The maximum Gasteiger partial charge on any atom is 0.323 e. The standard InChI is InChI=1S/C26H24N4O4/c1-17(31)19-9-6-10-20(15-19)28-26(33)29-22-12-11-21-24(23(22)18-7-4-3-5-8-18)25(32)30(16-27-21)13-14-34-2/h3-12,15-16H,13-14H2,1-2H3,(H2,28,29,33).